The Hall–Kier alpha value is -5.30. The van der Waals surface area contributed by atoms with Crippen molar-refractivity contribution in [3.8, 4) is 0 Å². The molecular weight excluding hydrogens is 880 g/mol. The van der Waals surface area contributed by atoms with Gasteiger partial charge in [-0.1, -0.05) is 58.0 Å². The molecule has 18 heteroatoms. The van der Waals surface area contributed by atoms with Crippen molar-refractivity contribution < 1.29 is 56.8 Å². The van der Waals surface area contributed by atoms with Crippen LogP contribution in [0.5, 0.6) is 0 Å². The van der Waals surface area contributed by atoms with Crippen molar-refractivity contribution in [1.29, 1.82) is 5.53 Å². The Morgan fingerprint density at radius 2 is 1.69 bits per heavy atom. The number of nitrogen functional groups attached to an aromatic ring is 1. The first-order chi connectivity index (χ1) is 32.0. The Morgan fingerprint density at radius 3 is 2.31 bits per heavy atom. The van der Waals surface area contributed by atoms with Crippen LogP contribution < -0.4 is 11.1 Å². The second-order valence-electron chi connectivity index (χ2n) is 19.3. The van der Waals surface area contributed by atoms with E-state index >= 15 is 4.39 Å². The average Bonchev–Trinajstić information content (AvgIpc) is 3.57. The molecular formula is C50H71FN6O11. The molecule has 5 rings (SSSR count). The first-order valence-corrected chi connectivity index (χ1v) is 23.5. The van der Waals surface area contributed by atoms with Crippen molar-refractivity contribution >= 4 is 41.0 Å². The van der Waals surface area contributed by atoms with Gasteiger partial charge in [0.1, 0.15) is 17.6 Å². The van der Waals surface area contributed by atoms with E-state index in [9.17, 15) is 24.0 Å². The second-order valence-corrected chi connectivity index (χ2v) is 19.3. The lowest BCUT2D eigenvalue weighted by Gasteiger charge is -2.48. The van der Waals surface area contributed by atoms with E-state index in [2.05, 4.69) is 10.4 Å². The number of esters is 2. The number of unbranched alkanes of at least 4 members (excludes halogenated alkanes) is 1. The number of amides is 1. The summed E-state index contributed by atoms with van der Waals surface area (Å²) in [5.41, 5.74) is 8.98. The summed E-state index contributed by atoms with van der Waals surface area (Å²) in [5.74, 6) is -6.77. The summed E-state index contributed by atoms with van der Waals surface area (Å²) >= 11 is 0. The summed E-state index contributed by atoms with van der Waals surface area (Å²) in [6.07, 6.45) is -3.17. The molecule has 3 saturated heterocycles. The molecule has 0 radical (unpaired) electrons. The van der Waals surface area contributed by atoms with Gasteiger partial charge in [0.25, 0.3) is 5.67 Å². The van der Waals surface area contributed by atoms with Crippen LogP contribution in [0.25, 0.3) is 5.70 Å². The van der Waals surface area contributed by atoms with Crippen molar-refractivity contribution in [3.63, 3.8) is 0 Å². The number of nitrogens with two attached hydrogens (primary N) is 1. The molecule has 2 unspecified atom stereocenters. The van der Waals surface area contributed by atoms with Crippen molar-refractivity contribution in [2.75, 3.05) is 40.0 Å². The van der Waals surface area contributed by atoms with E-state index in [1.807, 2.05) is 25.9 Å². The molecule has 4 N–H and O–H groups in total. The van der Waals surface area contributed by atoms with Gasteiger partial charge >= 0.3 is 18.0 Å². The number of alkyl halides is 1. The molecule has 0 aliphatic carbocycles. The number of hydrogen-bond acceptors (Lipinski definition) is 16. The molecule has 2 aromatic carbocycles. The fourth-order valence-corrected chi connectivity index (χ4v) is 10.1. The minimum Gasteiger partial charge on any atom is -0.455 e. The molecule has 1 amide bonds. The van der Waals surface area contributed by atoms with Gasteiger partial charge in [-0.25, -0.2) is 24.3 Å². The maximum absolute atomic E-state index is 17.2. The monoisotopic (exact) mass is 951 g/mol. The lowest BCUT2D eigenvalue weighted by Crippen LogP contribution is -2.62. The molecule has 3 aliphatic rings. The number of fused-ring (bicyclic) bond motifs is 1. The van der Waals surface area contributed by atoms with Crippen LogP contribution in [0.15, 0.2) is 65.9 Å². The Balaban J connectivity index is 1.48. The molecule has 13 atom stereocenters. The summed E-state index contributed by atoms with van der Waals surface area (Å²) in [7, 11) is 5.05. The number of rotatable bonds is 15. The molecule has 68 heavy (non-hydrogen) atoms. The van der Waals surface area contributed by atoms with E-state index in [0.29, 0.717) is 48.3 Å². The number of hydrogen-bond donors (Lipinski definition) is 3. The molecule has 3 aliphatic heterocycles. The average molecular weight is 951 g/mol. The van der Waals surface area contributed by atoms with Crippen LogP contribution in [0.2, 0.25) is 0 Å². The number of ketones is 2. The third-order valence-corrected chi connectivity index (χ3v) is 13.9. The Labute approximate surface area is 399 Å². The van der Waals surface area contributed by atoms with Gasteiger partial charge in [-0.2, -0.15) is 5.11 Å². The molecule has 0 saturated carbocycles. The van der Waals surface area contributed by atoms with E-state index in [1.165, 1.54) is 18.9 Å². The largest absolute Gasteiger partial charge is 0.455 e. The number of nitrogens with zero attached hydrogens (tertiary/aromatic N) is 3. The number of cyclic esters (lactones) is 1. The fourth-order valence-electron chi connectivity index (χ4n) is 10.1. The van der Waals surface area contributed by atoms with Crippen molar-refractivity contribution in [2.24, 2.45) is 22.9 Å². The van der Waals surface area contributed by atoms with Crippen LogP contribution in [0.3, 0.4) is 0 Å². The Kier molecular flexibility index (Phi) is 17.7. The highest BCUT2D eigenvalue weighted by molar-refractivity contribution is 6.08. The first-order valence-electron chi connectivity index (χ1n) is 23.5. The van der Waals surface area contributed by atoms with Gasteiger partial charge in [-0.05, 0) is 98.2 Å². The number of anilines is 1. The number of halogens is 1. The lowest BCUT2D eigenvalue weighted by molar-refractivity contribution is -0.295. The third-order valence-electron chi connectivity index (χ3n) is 13.9. The van der Waals surface area contributed by atoms with Gasteiger partial charge in [0.15, 0.2) is 23.8 Å². The quantitative estimate of drug-likeness (QED) is 0.0404. The minimum atomic E-state index is -3.25. The molecule has 3 fully saturated rings. The van der Waals surface area contributed by atoms with Crippen LogP contribution >= 0.6 is 0 Å². The van der Waals surface area contributed by atoms with E-state index in [4.69, 9.17) is 39.7 Å². The fraction of sp³-hybridized carbons (Fsp3) is 0.620. The lowest BCUT2D eigenvalue weighted by atomic mass is 9.73. The van der Waals surface area contributed by atoms with Gasteiger partial charge in [0, 0.05) is 55.4 Å². The maximum Gasteiger partial charge on any atom is 0.410 e. The van der Waals surface area contributed by atoms with E-state index in [-0.39, 0.29) is 25.2 Å². The summed E-state index contributed by atoms with van der Waals surface area (Å²) in [6, 6.07) is 14.0. The summed E-state index contributed by atoms with van der Waals surface area (Å²) in [6.45, 7) is 13.0. The Bertz CT molecular complexity index is 2160. The molecule has 374 valence electrons. The predicted molar refractivity (Wildman–Crippen MR) is 251 cm³/mol. The molecule has 2 aromatic rings. The number of carbonyl (C=O) groups is 5. The zero-order valence-electron chi connectivity index (χ0n) is 41.3. The van der Waals surface area contributed by atoms with E-state index in [1.54, 1.807) is 95.4 Å². The summed E-state index contributed by atoms with van der Waals surface area (Å²) in [5, 5.41) is 6.77. The normalized spacial score (nSPS) is 34.1. The standard InChI is InChI=1S/C50H71FN6O11/c1-12-38-50(8)41(57(47(62)68-50)24-17-16-23-54-28-36(55-53)34-21-18-22-35(52)26-34)31(4)39(58)29(2)27-48(6,63-11)43(32(5)42(59)49(7,51)46(61)65-38)67-45-40(37(56(9)10)25-30(3)64-45)66-44(60)33-19-14-13-15-20-33/h13-15,18-22,26,28-32,37-38,40-41,43,45,53-54H,12,16-17,23-25,27,52H2,1-11H3/b36-28-,55-53?/t29-,30-,31+,32+,37+,38-,40-,41?,43-,45?,48+,49+,50-/m1/s1. The third kappa shape index (κ3) is 11.6. The summed E-state index contributed by atoms with van der Waals surface area (Å²) < 4.78 is 54.7. The maximum atomic E-state index is 17.2. The van der Waals surface area contributed by atoms with Gasteiger partial charge in [-0.3, -0.25) is 9.59 Å². The smallest absolute Gasteiger partial charge is 0.410 e. The molecule has 3 heterocycles. The Morgan fingerprint density at radius 1 is 1.01 bits per heavy atom. The van der Waals surface area contributed by atoms with Crippen molar-refractivity contribution in [2.45, 2.75) is 147 Å². The first kappa shape index (κ1) is 53.7. The van der Waals surface area contributed by atoms with Gasteiger partial charge in [0.05, 0.1) is 35.5 Å². The van der Waals surface area contributed by atoms with Crippen LogP contribution in [0, 0.1) is 23.3 Å². The zero-order chi connectivity index (χ0) is 50.3. The summed E-state index contributed by atoms with van der Waals surface area (Å²) in [4.78, 5) is 74.5. The topological polar surface area (TPSA) is 221 Å². The molecule has 0 spiro atoms. The van der Waals surface area contributed by atoms with Gasteiger partial charge < -0.3 is 49.3 Å². The highest BCUT2D eigenvalue weighted by Gasteiger charge is 2.62. The van der Waals surface area contributed by atoms with Gasteiger partial charge in [0.2, 0.25) is 0 Å². The number of likely N-dealkylation sites (N-methyl/N-ethyl adjacent to an activating group) is 1. The van der Waals surface area contributed by atoms with Crippen LogP contribution in [-0.4, -0.2) is 133 Å². The number of methoxy groups -OCH3 is 1. The van der Waals surface area contributed by atoms with E-state index < -0.39 is 101 Å². The number of ether oxygens (including phenoxy) is 6. The SMILES string of the molecule is CC[C@H]1OC(=O)[C@@](C)(F)C(=O)[C@H](C)[C@@H](OC2O[C@H](C)C[C@H](N(C)C)[C@H]2OC(=O)c2ccccc2)[C@@](C)(OC)C[C@@H](C)C(=O)[C@H](C)C2N(CCCCN/C=C(\N=N)c3cccc(N)c3)C(=O)O[C@@]21C. The number of carbonyl (C=O) groups excluding carboxylic acids is 5. The molecule has 17 nitrogen and oxygen atoms in total. The van der Waals surface area contributed by atoms with Crippen molar-refractivity contribution in [3.05, 3.63) is 71.9 Å². The number of nitrogens with one attached hydrogen (secondary N) is 2. The second kappa shape index (κ2) is 22.4. The highest BCUT2D eigenvalue weighted by atomic mass is 19.1. The molecule has 0 bridgehead atoms. The van der Waals surface area contributed by atoms with Gasteiger partial charge in [-0.15, -0.1) is 0 Å². The number of Topliss-reactive ketones (excluding diaryl/α,β-unsaturated/α-hetero) is 2. The molecule has 0 aromatic heterocycles. The van der Waals surface area contributed by atoms with Crippen LogP contribution in [0.4, 0.5) is 14.9 Å². The van der Waals surface area contributed by atoms with E-state index in [0.717, 1.165) is 6.92 Å². The zero-order valence-corrected chi connectivity index (χ0v) is 41.3. The highest BCUT2D eigenvalue weighted by Crippen LogP contribution is 2.44. The minimum absolute atomic E-state index is 0.0453. The van der Waals surface area contributed by atoms with Crippen LogP contribution in [0.1, 0.15) is 103 Å². The number of benzene rings is 2. The van der Waals surface area contributed by atoms with Crippen molar-refractivity contribution in [1.82, 2.24) is 15.1 Å². The van der Waals surface area contributed by atoms with Crippen LogP contribution in [-0.2, 0) is 42.8 Å². The predicted octanol–water partition coefficient (Wildman–Crippen LogP) is 7.13.